The van der Waals surface area contributed by atoms with E-state index in [1.54, 1.807) is 25.2 Å². The molecule has 1 N–H and O–H groups in total. The number of benzene rings is 1. The molecule has 3 aliphatic heterocycles. The summed E-state index contributed by atoms with van der Waals surface area (Å²) in [5.74, 6) is -0.774. The summed E-state index contributed by atoms with van der Waals surface area (Å²) < 4.78 is 19.7. The molecule has 2 fully saturated rings. The number of urea groups is 1. The Hall–Kier alpha value is -2.56. The third-order valence-electron chi connectivity index (χ3n) is 6.27. The lowest BCUT2D eigenvalue weighted by molar-refractivity contribution is -0.140. The van der Waals surface area contributed by atoms with Gasteiger partial charge in [-0.05, 0) is 26.8 Å². The first-order valence-electron chi connectivity index (χ1n) is 10.6. The van der Waals surface area contributed by atoms with Crippen LogP contribution in [0.15, 0.2) is 29.4 Å². The van der Waals surface area contributed by atoms with Gasteiger partial charge in [0.15, 0.2) is 6.29 Å². The van der Waals surface area contributed by atoms with E-state index in [9.17, 15) is 14.0 Å². The molecule has 1 aromatic rings. The second-order valence-corrected chi connectivity index (χ2v) is 8.06. The molecule has 31 heavy (non-hydrogen) atoms. The molecule has 0 saturated carbocycles. The van der Waals surface area contributed by atoms with Crippen LogP contribution in [0.4, 0.5) is 9.18 Å². The van der Waals surface area contributed by atoms with Crippen LogP contribution in [-0.2, 0) is 16.1 Å². The van der Waals surface area contributed by atoms with Gasteiger partial charge in [0.25, 0.3) is 5.91 Å². The highest BCUT2D eigenvalue weighted by Gasteiger charge is 2.57. The van der Waals surface area contributed by atoms with Crippen molar-refractivity contribution < 1.29 is 18.7 Å². The fraction of sp³-hybridized carbons (Fsp3) is 0.571. The summed E-state index contributed by atoms with van der Waals surface area (Å²) in [6.45, 7) is 7.43. The first-order valence-corrected chi connectivity index (χ1v) is 10.6. The zero-order valence-electron chi connectivity index (χ0n) is 18.3. The van der Waals surface area contributed by atoms with Crippen molar-refractivity contribution in [3.63, 3.8) is 0 Å². The van der Waals surface area contributed by atoms with Crippen molar-refractivity contribution in [2.45, 2.75) is 51.9 Å². The number of hydrogen-bond donors (Lipinski definition) is 1. The Morgan fingerprint density at radius 2 is 2.00 bits per heavy atom. The van der Waals surface area contributed by atoms with Crippen LogP contribution in [0.3, 0.4) is 0 Å². The number of ether oxygens (including phenoxy) is 1. The van der Waals surface area contributed by atoms with Gasteiger partial charge < -0.3 is 9.64 Å². The number of carbonyl (C=O) groups excluding carboxylic acids is 2. The highest BCUT2D eigenvalue weighted by Crippen LogP contribution is 2.33. The average Bonchev–Trinajstić information content (AvgIpc) is 3.16. The molecule has 0 aromatic heterocycles. The van der Waals surface area contributed by atoms with E-state index in [-0.39, 0.29) is 24.8 Å². The predicted octanol–water partition coefficient (Wildman–Crippen LogP) is 1.22. The zero-order chi connectivity index (χ0) is 22.3. The summed E-state index contributed by atoms with van der Waals surface area (Å²) >= 11 is 0. The molecule has 1 aromatic carbocycles. The SMILES string of the molecule is CCOCCN1N=C(C)C(C)N2C3C(=O)N(Cc4ccccc4F)C(=O)N(C)C3NC12. The second kappa shape index (κ2) is 8.52. The van der Waals surface area contributed by atoms with Crippen molar-refractivity contribution in [2.75, 3.05) is 26.8 Å². The van der Waals surface area contributed by atoms with E-state index in [1.807, 2.05) is 25.8 Å². The molecule has 0 spiro atoms. The van der Waals surface area contributed by atoms with Gasteiger partial charge in [0.1, 0.15) is 18.0 Å². The van der Waals surface area contributed by atoms with E-state index in [0.717, 1.165) is 10.6 Å². The molecule has 9 nitrogen and oxygen atoms in total. The summed E-state index contributed by atoms with van der Waals surface area (Å²) in [6.07, 6.45) is -0.846. The lowest BCUT2D eigenvalue weighted by Gasteiger charge is -2.45. The van der Waals surface area contributed by atoms with Gasteiger partial charge in [-0.2, -0.15) is 5.10 Å². The van der Waals surface area contributed by atoms with Crippen molar-refractivity contribution >= 4 is 17.6 Å². The monoisotopic (exact) mass is 432 g/mol. The third-order valence-corrected chi connectivity index (χ3v) is 6.27. The number of halogens is 1. The maximum Gasteiger partial charge on any atom is 0.328 e. The minimum absolute atomic E-state index is 0.100. The topological polar surface area (TPSA) is 80.7 Å². The molecular formula is C21H29FN6O3. The molecule has 0 aliphatic carbocycles. The molecule has 3 aliphatic rings. The Balaban J connectivity index is 1.63. The second-order valence-electron chi connectivity index (χ2n) is 8.06. The van der Waals surface area contributed by atoms with Gasteiger partial charge in [0.05, 0.1) is 31.4 Å². The number of likely N-dealkylation sites (N-methyl/N-ethyl adjacent to an activating group) is 1. The molecule has 3 heterocycles. The van der Waals surface area contributed by atoms with Crippen LogP contribution in [-0.4, -0.2) is 88.7 Å². The van der Waals surface area contributed by atoms with Crippen molar-refractivity contribution in [3.8, 4) is 0 Å². The van der Waals surface area contributed by atoms with E-state index >= 15 is 0 Å². The third kappa shape index (κ3) is 3.68. The van der Waals surface area contributed by atoms with Gasteiger partial charge in [0.2, 0.25) is 0 Å². The fourth-order valence-corrected chi connectivity index (χ4v) is 4.46. The fourth-order valence-electron chi connectivity index (χ4n) is 4.46. The Labute approximate surface area is 181 Å². The smallest absolute Gasteiger partial charge is 0.328 e. The number of imide groups is 1. The number of nitrogens with one attached hydrogen (secondary N) is 1. The summed E-state index contributed by atoms with van der Waals surface area (Å²) in [5, 5.41) is 9.96. The molecule has 0 bridgehead atoms. The average molecular weight is 433 g/mol. The highest BCUT2D eigenvalue weighted by atomic mass is 19.1. The maximum atomic E-state index is 14.2. The summed E-state index contributed by atoms with van der Waals surface area (Å²) in [5.41, 5.74) is 1.18. The zero-order valence-corrected chi connectivity index (χ0v) is 18.3. The van der Waals surface area contributed by atoms with Gasteiger partial charge in [-0.1, -0.05) is 18.2 Å². The molecule has 0 radical (unpaired) electrons. The van der Waals surface area contributed by atoms with Gasteiger partial charge in [-0.15, -0.1) is 0 Å². The number of carbonyl (C=O) groups is 2. The van der Waals surface area contributed by atoms with E-state index < -0.39 is 24.1 Å². The van der Waals surface area contributed by atoms with E-state index in [2.05, 4.69) is 10.2 Å². The molecule has 4 unspecified atom stereocenters. The molecule has 4 rings (SSSR count). The van der Waals surface area contributed by atoms with Gasteiger partial charge in [-0.25, -0.2) is 14.1 Å². The number of rotatable bonds is 6. The van der Waals surface area contributed by atoms with Crippen LogP contribution in [0.5, 0.6) is 0 Å². The quantitative estimate of drug-likeness (QED) is 0.681. The summed E-state index contributed by atoms with van der Waals surface area (Å²) in [4.78, 5) is 31.3. The van der Waals surface area contributed by atoms with Crippen LogP contribution in [0.2, 0.25) is 0 Å². The van der Waals surface area contributed by atoms with Crippen LogP contribution >= 0.6 is 0 Å². The summed E-state index contributed by atoms with van der Waals surface area (Å²) in [6, 6.07) is 5.05. The molecule has 3 amide bonds. The lowest BCUT2D eigenvalue weighted by Crippen LogP contribution is -2.67. The van der Waals surface area contributed by atoms with Gasteiger partial charge in [0, 0.05) is 19.2 Å². The molecule has 4 atom stereocenters. The van der Waals surface area contributed by atoms with Crippen LogP contribution in [0.25, 0.3) is 0 Å². The lowest BCUT2D eigenvalue weighted by atomic mass is 10.0. The highest BCUT2D eigenvalue weighted by molar-refractivity contribution is 6.01. The van der Waals surface area contributed by atoms with Crippen molar-refractivity contribution in [1.82, 2.24) is 25.0 Å². The first kappa shape index (κ1) is 21.7. The van der Waals surface area contributed by atoms with Crippen molar-refractivity contribution in [1.29, 1.82) is 0 Å². The molecular weight excluding hydrogens is 403 g/mol. The molecule has 168 valence electrons. The van der Waals surface area contributed by atoms with Crippen molar-refractivity contribution in [3.05, 3.63) is 35.6 Å². The molecule has 2 saturated heterocycles. The predicted molar refractivity (Wildman–Crippen MR) is 112 cm³/mol. The van der Waals surface area contributed by atoms with Crippen LogP contribution in [0, 0.1) is 5.82 Å². The van der Waals surface area contributed by atoms with E-state index in [4.69, 9.17) is 9.84 Å². The number of hydrogen-bond acceptors (Lipinski definition) is 7. The normalized spacial score (nSPS) is 28.7. The van der Waals surface area contributed by atoms with E-state index in [1.165, 1.54) is 11.0 Å². The van der Waals surface area contributed by atoms with Gasteiger partial charge >= 0.3 is 6.03 Å². The number of amides is 3. The Morgan fingerprint density at radius 1 is 1.26 bits per heavy atom. The number of hydrazone groups is 1. The van der Waals surface area contributed by atoms with Crippen LogP contribution < -0.4 is 5.32 Å². The van der Waals surface area contributed by atoms with Crippen molar-refractivity contribution in [2.24, 2.45) is 5.10 Å². The van der Waals surface area contributed by atoms with Gasteiger partial charge in [-0.3, -0.25) is 20.0 Å². The largest absolute Gasteiger partial charge is 0.380 e. The number of nitrogens with zero attached hydrogens (tertiary/aromatic N) is 5. The van der Waals surface area contributed by atoms with E-state index in [0.29, 0.717) is 25.3 Å². The minimum atomic E-state index is -0.602. The first-order chi connectivity index (χ1) is 14.8. The number of fused-ring (bicyclic) bond motifs is 3. The minimum Gasteiger partial charge on any atom is -0.380 e. The maximum absolute atomic E-state index is 14.2. The Morgan fingerprint density at radius 3 is 2.71 bits per heavy atom. The molecule has 10 heteroatoms. The Bertz CT molecular complexity index is 896. The standard InChI is InChI=1S/C21H29FN6O3/c1-5-31-11-10-27-20-23-18-17(28(20)14(3)13(2)24-27)19(29)26(21(30)25(18)4)12-15-8-6-7-9-16(15)22/h6-9,14,17-18,20,23H,5,10-12H2,1-4H3. The van der Waals surface area contributed by atoms with Crippen LogP contribution in [0.1, 0.15) is 26.3 Å². The summed E-state index contributed by atoms with van der Waals surface area (Å²) in [7, 11) is 1.66. The Kier molecular flexibility index (Phi) is 5.96.